The highest BCUT2D eigenvalue weighted by Crippen LogP contribution is 2.38. The van der Waals surface area contributed by atoms with Crippen LogP contribution in [0.5, 0.6) is 0 Å². The summed E-state index contributed by atoms with van der Waals surface area (Å²) in [7, 11) is 0. The maximum atomic E-state index is 13.0. The second-order valence-corrected chi connectivity index (χ2v) is 12.7. The monoisotopic (exact) mass is 520 g/mol. The third-order valence-electron chi connectivity index (χ3n) is 8.93. The molecule has 4 aliphatic rings. The molecule has 3 aliphatic carbocycles. The van der Waals surface area contributed by atoms with Crippen LogP contribution in [0.3, 0.4) is 0 Å². The largest absolute Gasteiger partial charge is 0.379 e. The van der Waals surface area contributed by atoms with Crippen LogP contribution in [0, 0.1) is 5.92 Å². The Balaban J connectivity index is 1.05. The Morgan fingerprint density at radius 2 is 1.92 bits per heavy atom. The molecule has 0 aromatic heterocycles. The normalized spacial score (nSPS) is 31.5. The fourth-order valence-electron chi connectivity index (χ4n) is 6.81. The number of amidine groups is 1. The molecule has 6 heteroatoms. The van der Waals surface area contributed by atoms with Crippen molar-refractivity contribution in [3.63, 3.8) is 0 Å². The lowest BCUT2D eigenvalue weighted by atomic mass is 9.83. The first-order chi connectivity index (χ1) is 18.1. The molecular formula is C31H44N4OS. The lowest BCUT2D eigenvalue weighted by Gasteiger charge is -2.39. The van der Waals surface area contributed by atoms with Crippen LogP contribution in [0.4, 0.5) is 0 Å². The molecule has 1 aromatic carbocycles. The van der Waals surface area contributed by atoms with Gasteiger partial charge in [-0.25, -0.2) is 0 Å². The Morgan fingerprint density at radius 1 is 1.11 bits per heavy atom. The van der Waals surface area contributed by atoms with Crippen molar-refractivity contribution in [2.75, 3.05) is 13.1 Å². The number of amides is 1. The highest BCUT2D eigenvalue weighted by molar-refractivity contribution is 8.14. The van der Waals surface area contributed by atoms with Gasteiger partial charge in [-0.2, -0.15) is 0 Å². The minimum Gasteiger partial charge on any atom is -0.379 e. The second kappa shape index (κ2) is 12.7. The van der Waals surface area contributed by atoms with Gasteiger partial charge in [0.25, 0.3) is 0 Å². The van der Waals surface area contributed by atoms with E-state index in [-0.39, 0.29) is 5.91 Å². The van der Waals surface area contributed by atoms with Gasteiger partial charge >= 0.3 is 0 Å². The van der Waals surface area contributed by atoms with Crippen LogP contribution in [0.15, 0.2) is 59.1 Å². The van der Waals surface area contributed by atoms with Gasteiger partial charge in [-0.1, -0.05) is 67.2 Å². The number of nitrogens with one attached hydrogen (secondary N) is 1. The van der Waals surface area contributed by atoms with Crippen LogP contribution in [0.1, 0.15) is 82.6 Å². The topological polar surface area (TPSA) is 70.7 Å². The molecule has 1 amide bonds. The molecule has 0 bridgehead atoms. The van der Waals surface area contributed by atoms with E-state index < -0.39 is 0 Å². The number of aliphatic imine (C=N–C) groups is 1. The fourth-order valence-corrected chi connectivity index (χ4v) is 7.99. The van der Waals surface area contributed by atoms with Gasteiger partial charge in [0.15, 0.2) is 5.17 Å². The highest BCUT2D eigenvalue weighted by Gasteiger charge is 2.37. The zero-order valence-electron chi connectivity index (χ0n) is 22.4. The van der Waals surface area contributed by atoms with E-state index in [9.17, 15) is 4.79 Å². The number of hydrogen-bond donors (Lipinski definition) is 2. The third-order valence-corrected chi connectivity index (χ3v) is 10.1. The van der Waals surface area contributed by atoms with Crippen LogP contribution in [-0.4, -0.2) is 52.4 Å². The molecule has 1 aliphatic heterocycles. The Labute approximate surface area is 227 Å². The Kier molecular flexibility index (Phi) is 9.09. The maximum absolute atomic E-state index is 13.0. The fraction of sp³-hybridized carbons (Fsp3) is 0.613. The molecule has 1 heterocycles. The predicted octanol–water partition coefficient (Wildman–Crippen LogP) is 5.78. The van der Waals surface area contributed by atoms with Gasteiger partial charge in [0.05, 0.1) is 6.04 Å². The van der Waals surface area contributed by atoms with E-state index in [1.165, 1.54) is 63.6 Å². The molecule has 2 fully saturated rings. The molecule has 5 rings (SSSR count). The lowest BCUT2D eigenvalue weighted by molar-refractivity contribution is -0.118. The Morgan fingerprint density at radius 3 is 2.70 bits per heavy atom. The lowest BCUT2D eigenvalue weighted by Crippen LogP contribution is -2.44. The summed E-state index contributed by atoms with van der Waals surface area (Å²) in [6, 6.07) is 12.0. The second-order valence-electron chi connectivity index (χ2n) is 11.5. The summed E-state index contributed by atoms with van der Waals surface area (Å²) in [5, 5.41) is 4.76. The SMILES string of the molecule is CCCN(CCC1CCC(NC(=O)C2=CC=CC(c3ccccc3)C2)CC1)[C@H]1CCC2N=C(N)SC2C1. The molecule has 0 saturated heterocycles. The van der Waals surface area contributed by atoms with Crippen LogP contribution < -0.4 is 11.1 Å². The van der Waals surface area contributed by atoms with Crippen molar-refractivity contribution in [1.29, 1.82) is 0 Å². The number of hydrogen-bond acceptors (Lipinski definition) is 5. The first-order valence-electron chi connectivity index (χ1n) is 14.6. The zero-order chi connectivity index (χ0) is 25.6. The summed E-state index contributed by atoms with van der Waals surface area (Å²) >= 11 is 1.81. The standard InChI is InChI=1S/C31H44N4OS/c1-2-18-35(27-15-16-28-29(21-27)37-31(32)34-28)19-17-22-11-13-26(14-12-22)33-30(36)25-10-6-9-24(20-25)23-7-4-3-5-8-23/h3-10,22,24,26-29H,2,11-21H2,1H3,(H2,32,34)(H,33,36)/t22?,24?,26?,27-,28?,29?/m0/s1. The van der Waals surface area contributed by atoms with Crippen LogP contribution >= 0.6 is 11.8 Å². The van der Waals surface area contributed by atoms with Crippen molar-refractivity contribution in [1.82, 2.24) is 10.2 Å². The van der Waals surface area contributed by atoms with Gasteiger partial charge in [-0.05, 0) is 88.8 Å². The summed E-state index contributed by atoms with van der Waals surface area (Å²) in [6.45, 7) is 4.71. The van der Waals surface area contributed by atoms with E-state index in [4.69, 9.17) is 5.73 Å². The van der Waals surface area contributed by atoms with Crippen molar-refractivity contribution < 1.29 is 4.79 Å². The molecule has 5 nitrogen and oxygen atoms in total. The smallest absolute Gasteiger partial charge is 0.247 e. The summed E-state index contributed by atoms with van der Waals surface area (Å²) in [5.41, 5.74) is 8.20. The minimum absolute atomic E-state index is 0.132. The van der Waals surface area contributed by atoms with Gasteiger partial charge < -0.3 is 16.0 Å². The van der Waals surface area contributed by atoms with E-state index in [1.807, 2.05) is 23.9 Å². The van der Waals surface area contributed by atoms with E-state index in [0.717, 1.165) is 35.9 Å². The maximum Gasteiger partial charge on any atom is 0.247 e. The Hall–Kier alpha value is -2.05. The highest BCUT2D eigenvalue weighted by atomic mass is 32.2. The van der Waals surface area contributed by atoms with Crippen molar-refractivity contribution >= 4 is 22.8 Å². The quantitative estimate of drug-likeness (QED) is 0.433. The molecule has 0 radical (unpaired) electrons. The summed E-state index contributed by atoms with van der Waals surface area (Å²) in [5.74, 6) is 1.21. The van der Waals surface area contributed by atoms with Crippen molar-refractivity contribution in [2.45, 2.75) is 100 Å². The van der Waals surface area contributed by atoms with E-state index in [2.05, 4.69) is 58.6 Å². The molecule has 3 N–H and O–H groups in total. The molecule has 1 aromatic rings. The number of allylic oxidation sites excluding steroid dienone is 3. The number of fused-ring (bicyclic) bond motifs is 1. The number of carbonyl (C=O) groups is 1. The van der Waals surface area contributed by atoms with Crippen molar-refractivity contribution in [3.05, 3.63) is 59.7 Å². The number of nitrogens with zero attached hydrogens (tertiary/aromatic N) is 2. The first-order valence-corrected chi connectivity index (χ1v) is 15.4. The van der Waals surface area contributed by atoms with Crippen LogP contribution in [0.2, 0.25) is 0 Å². The van der Waals surface area contributed by atoms with Gasteiger partial charge in [0, 0.05) is 28.8 Å². The first kappa shape index (κ1) is 26.6. The third kappa shape index (κ3) is 6.88. The summed E-state index contributed by atoms with van der Waals surface area (Å²) < 4.78 is 0. The summed E-state index contributed by atoms with van der Waals surface area (Å²) in [6.07, 6.45) is 17.9. The molecule has 0 spiro atoms. The van der Waals surface area contributed by atoms with Gasteiger partial charge in [-0.3, -0.25) is 9.79 Å². The van der Waals surface area contributed by atoms with E-state index in [1.54, 1.807) is 0 Å². The van der Waals surface area contributed by atoms with Crippen molar-refractivity contribution in [3.8, 4) is 0 Å². The number of rotatable bonds is 9. The zero-order valence-corrected chi connectivity index (χ0v) is 23.2. The Bertz CT molecular complexity index is 998. The van der Waals surface area contributed by atoms with E-state index in [0.29, 0.717) is 29.3 Å². The number of nitrogens with two attached hydrogens (primary N) is 1. The number of thioether (sulfide) groups is 1. The number of benzene rings is 1. The predicted molar refractivity (Wildman–Crippen MR) is 156 cm³/mol. The number of carbonyl (C=O) groups excluding carboxylic acids is 1. The molecule has 3 unspecified atom stereocenters. The van der Waals surface area contributed by atoms with Gasteiger partial charge in [0.2, 0.25) is 5.91 Å². The van der Waals surface area contributed by atoms with Crippen molar-refractivity contribution in [2.24, 2.45) is 16.6 Å². The summed E-state index contributed by atoms with van der Waals surface area (Å²) in [4.78, 5) is 20.5. The molecule has 4 atom stereocenters. The van der Waals surface area contributed by atoms with Crippen LogP contribution in [0.25, 0.3) is 0 Å². The molecule has 2 saturated carbocycles. The molecule has 37 heavy (non-hydrogen) atoms. The molecule has 200 valence electrons. The average molecular weight is 521 g/mol. The van der Waals surface area contributed by atoms with Gasteiger partial charge in [-0.15, -0.1) is 0 Å². The average Bonchev–Trinajstić information content (AvgIpc) is 3.31. The molecular weight excluding hydrogens is 476 g/mol. The van der Waals surface area contributed by atoms with Crippen LogP contribution in [-0.2, 0) is 4.79 Å². The van der Waals surface area contributed by atoms with E-state index >= 15 is 0 Å². The van der Waals surface area contributed by atoms with Gasteiger partial charge in [0.1, 0.15) is 0 Å². The minimum atomic E-state index is 0.132.